The minimum absolute atomic E-state index is 0.0465. The highest BCUT2D eigenvalue weighted by Gasteiger charge is 2.17. The molecule has 0 aliphatic carbocycles. The monoisotopic (exact) mass is 476 g/mol. The molecule has 0 aliphatic heterocycles. The van der Waals surface area contributed by atoms with E-state index >= 15 is 0 Å². The Kier molecular flexibility index (Phi) is 7.64. The number of ether oxygens (including phenoxy) is 2. The molecule has 3 aromatic carbocycles. The molecule has 0 saturated heterocycles. The lowest BCUT2D eigenvalue weighted by Gasteiger charge is -2.11. The van der Waals surface area contributed by atoms with Crippen molar-refractivity contribution >= 4 is 41.2 Å². The first-order chi connectivity index (χ1) is 16.3. The maximum Gasteiger partial charge on any atom is 0.345 e. The van der Waals surface area contributed by atoms with E-state index in [1.54, 1.807) is 36.4 Å². The molecule has 9 heteroatoms. The average Bonchev–Trinajstić information content (AvgIpc) is 2.83. The van der Waals surface area contributed by atoms with Crippen LogP contribution >= 0.6 is 11.6 Å². The van der Waals surface area contributed by atoms with Crippen molar-refractivity contribution in [3.63, 3.8) is 0 Å². The van der Waals surface area contributed by atoms with E-state index in [0.717, 1.165) is 0 Å². The van der Waals surface area contributed by atoms with E-state index in [4.69, 9.17) is 21.1 Å². The van der Waals surface area contributed by atoms with Gasteiger partial charge < -0.3 is 19.9 Å². The molecule has 0 heterocycles. The standard InChI is InChI=1S/C25H17ClN2O6/c1-33-21-11-10-15(13-22(21)34-25(32)17-6-2-4-8-19(17)26)12-16(14-27)23(29)28-20-9-5-3-7-18(20)24(30)31/h2-13H,1H3,(H,28,29)(H,30,31)/b16-12+. The van der Waals surface area contributed by atoms with Gasteiger partial charge in [-0.25, -0.2) is 9.59 Å². The van der Waals surface area contributed by atoms with Crippen molar-refractivity contribution in [2.75, 3.05) is 12.4 Å². The zero-order valence-corrected chi connectivity index (χ0v) is 18.5. The number of methoxy groups -OCH3 is 1. The Morgan fingerprint density at radius 1 is 1.00 bits per heavy atom. The first-order valence-electron chi connectivity index (χ1n) is 9.74. The Morgan fingerprint density at radius 2 is 1.68 bits per heavy atom. The molecule has 0 aliphatic rings. The van der Waals surface area contributed by atoms with Crippen LogP contribution in [0.4, 0.5) is 5.69 Å². The number of nitriles is 1. The number of carbonyl (C=O) groups excluding carboxylic acids is 2. The molecular formula is C25H17ClN2O6. The molecule has 0 spiro atoms. The van der Waals surface area contributed by atoms with Crippen molar-refractivity contribution in [1.82, 2.24) is 0 Å². The summed E-state index contributed by atoms with van der Waals surface area (Å²) < 4.78 is 10.7. The van der Waals surface area contributed by atoms with Crippen LogP contribution < -0.4 is 14.8 Å². The second kappa shape index (κ2) is 10.8. The van der Waals surface area contributed by atoms with Gasteiger partial charge in [0.1, 0.15) is 11.6 Å². The summed E-state index contributed by atoms with van der Waals surface area (Å²) in [4.78, 5) is 36.5. The number of hydrogen-bond donors (Lipinski definition) is 2. The molecule has 170 valence electrons. The fraction of sp³-hybridized carbons (Fsp3) is 0.0400. The van der Waals surface area contributed by atoms with Gasteiger partial charge in [0.25, 0.3) is 5.91 Å². The third-order valence-corrected chi connectivity index (χ3v) is 4.90. The first kappa shape index (κ1) is 24.0. The lowest BCUT2D eigenvalue weighted by Crippen LogP contribution is -2.16. The van der Waals surface area contributed by atoms with Crippen LogP contribution in [0.5, 0.6) is 11.5 Å². The average molecular weight is 477 g/mol. The van der Waals surface area contributed by atoms with Crippen molar-refractivity contribution in [2.45, 2.75) is 0 Å². The maximum absolute atomic E-state index is 12.6. The number of carbonyl (C=O) groups is 3. The van der Waals surface area contributed by atoms with Crippen LogP contribution in [-0.4, -0.2) is 30.1 Å². The lowest BCUT2D eigenvalue weighted by molar-refractivity contribution is -0.112. The molecule has 34 heavy (non-hydrogen) atoms. The van der Waals surface area contributed by atoms with Crippen LogP contribution in [-0.2, 0) is 4.79 Å². The van der Waals surface area contributed by atoms with Gasteiger partial charge in [0.2, 0.25) is 0 Å². The molecule has 2 N–H and O–H groups in total. The molecule has 1 amide bonds. The number of aromatic carboxylic acids is 1. The van der Waals surface area contributed by atoms with Crippen molar-refractivity contribution in [3.05, 3.63) is 94.0 Å². The summed E-state index contributed by atoms with van der Waals surface area (Å²) in [6.45, 7) is 0. The summed E-state index contributed by atoms with van der Waals surface area (Å²) in [6.07, 6.45) is 1.27. The zero-order valence-electron chi connectivity index (χ0n) is 17.7. The van der Waals surface area contributed by atoms with Crippen LogP contribution in [0.2, 0.25) is 5.02 Å². The number of halogens is 1. The van der Waals surface area contributed by atoms with E-state index in [1.165, 1.54) is 49.6 Å². The number of carboxylic acids is 1. The number of nitrogens with one attached hydrogen (secondary N) is 1. The second-order valence-corrected chi connectivity index (χ2v) is 7.16. The Bertz CT molecular complexity index is 1340. The van der Waals surface area contributed by atoms with Gasteiger partial charge in [0, 0.05) is 0 Å². The molecule has 0 radical (unpaired) electrons. The zero-order chi connectivity index (χ0) is 24.7. The predicted octanol–water partition coefficient (Wildman–Crippen LogP) is 4.81. The highest BCUT2D eigenvalue weighted by atomic mass is 35.5. The number of para-hydroxylation sites is 1. The van der Waals surface area contributed by atoms with Crippen molar-refractivity contribution < 1.29 is 29.0 Å². The number of nitrogens with zero attached hydrogens (tertiary/aromatic N) is 1. The topological polar surface area (TPSA) is 126 Å². The molecule has 0 fully saturated rings. The van der Waals surface area contributed by atoms with Gasteiger partial charge in [-0.1, -0.05) is 41.9 Å². The smallest absolute Gasteiger partial charge is 0.345 e. The summed E-state index contributed by atoms with van der Waals surface area (Å²) in [5, 5.41) is 21.4. The van der Waals surface area contributed by atoms with E-state index in [-0.39, 0.29) is 38.9 Å². The summed E-state index contributed by atoms with van der Waals surface area (Å²) in [5.74, 6) is -2.44. The Morgan fingerprint density at radius 3 is 2.32 bits per heavy atom. The molecule has 0 saturated carbocycles. The summed E-state index contributed by atoms with van der Waals surface area (Å²) >= 11 is 6.05. The normalized spacial score (nSPS) is 10.7. The fourth-order valence-electron chi connectivity index (χ4n) is 2.93. The number of anilines is 1. The van der Waals surface area contributed by atoms with Gasteiger partial charge in [-0.2, -0.15) is 5.26 Å². The molecule has 0 aromatic heterocycles. The third-order valence-electron chi connectivity index (χ3n) is 4.57. The second-order valence-electron chi connectivity index (χ2n) is 6.75. The number of hydrogen-bond acceptors (Lipinski definition) is 6. The minimum Gasteiger partial charge on any atom is -0.493 e. The number of benzene rings is 3. The van der Waals surface area contributed by atoms with Crippen LogP contribution in [0.15, 0.2) is 72.3 Å². The number of rotatable bonds is 7. The van der Waals surface area contributed by atoms with Gasteiger partial charge >= 0.3 is 11.9 Å². The summed E-state index contributed by atoms with van der Waals surface area (Å²) in [6, 6.07) is 18.5. The highest BCUT2D eigenvalue weighted by Crippen LogP contribution is 2.30. The minimum atomic E-state index is -1.22. The SMILES string of the molecule is COc1ccc(/C=C(\C#N)C(=O)Nc2ccccc2C(=O)O)cc1OC(=O)c1ccccc1Cl. The number of esters is 1. The Labute approximate surface area is 199 Å². The van der Waals surface area contributed by atoms with Crippen LogP contribution in [0, 0.1) is 11.3 Å². The van der Waals surface area contributed by atoms with Crippen LogP contribution in [0.1, 0.15) is 26.3 Å². The molecule has 3 rings (SSSR count). The van der Waals surface area contributed by atoms with Crippen LogP contribution in [0.25, 0.3) is 6.08 Å². The quantitative estimate of drug-likeness (QED) is 0.217. The van der Waals surface area contributed by atoms with Crippen molar-refractivity contribution in [3.8, 4) is 17.6 Å². The number of carboxylic acid groups (broad SMARTS) is 1. The van der Waals surface area contributed by atoms with Crippen molar-refractivity contribution in [2.24, 2.45) is 0 Å². The largest absolute Gasteiger partial charge is 0.493 e. The summed E-state index contributed by atoms with van der Waals surface area (Å²) in [5.41, 5.74) is 0.146. The van der Waals surface area contributed by atoms with E-state index < -0.39 is 17.8 Å². The predicted molar refractivity (Wildman–Crippen MR) is 125 cm³/mol. The molecule has 3 aromatic rings. The van der Waals surface area contributed by atoms with Crippen molar-refractivity contribution in [1.29, 1.82) is 5.26 Å². The van der Waals surface area contributed by atoms with E-state index in [1.807, 2.05) is 0 Å². The van der Waals surface area contributed by atoms with Gasteiger partial charge in [0.15, 0.2) is 11.5 Å². The van der Waals surface area contributed by atoms with E-state index in [0.29, 0.717) is 5.56 Å². The summed E-state index contributed by atoms with van der Waals surface area (Å²) in [7, 11) is 1.39. The number of amides is 1. The third kappa shape index (κ3) is 5.59. The molecule has 8 nitrogen and oxygen atoms in total. The van der Waals surface area contributed by atoms with E-state index in [2.05, 4.69) is 5.32 Å². The fourth-order valence-corrected chi connectivity index (χ4v) is 3.14. The Hall–Kier alpha value is -4.61. The Balaban J connectivity index is 1.89. The maximum atomic E-state index is 12.6. The highest BCUT2D eigenvalue weighted by molar-refractivity contribution is 6.33. The van der Waals surface area contributed by atoms with Crippen LogP contribution in [0.3, 0.4) is 0 Å². The van der Waals surface area contributed by atoms with E-state index in [9.17, 15) is 24.8 Å². The molecule has 0 bridgehead atoms. The van der Waals surface area contributed by atoms with Gasteiger partial charge in [0.05, 0.1) is 28.9 Å². The van der Waals surface area contributed by atoms with Gasteiger partial charge in [-0.05, 0) is 48.0 Å². The van der Waals surface area contributed by atoms with Gasteiger partial charge in [-0.3, -0.25) is 4.79 Å². The molecule has 0 unspecified atom stereocenters. The first-order valence-corrected chi connectivity index (χ1v) is 10.1. The lowest BCUT2D eigenvalue weighted by atomic mass is 10.1. The molecular weight excluding hydrogens is 460 g/mol. The molecule has 0 atom stereocenters. The van der Waals surface area contributed by atoms with Gasteiger partial charge in [-0.15, -0.1) is 0 Å².